The lowest BCUT2D eigenvalue weighted by Gasteiger charge is -2.09. The van der Waals surface area contributed by atoms with Crippen molar-refractivity contribution in [2.45, 2.75) is 5.92 Å². The summed E-state index contributed by atoms with van der Waals surface area (Å²) in [7, 11) is 0. The van der Waals surface area contributed by atoms with Crippen LogP contribution in [-0.4, -0.2) is 5.97 Å². The summed E-state index contributed by atoms with van der Waals surface area (Å²) in [5.74, 6) is -1.01. The Morgan fingerprint density at radius 1 is 1.00 bits per heavy atom. The van der Waals surface area contributed by atoms with E-state index in [0.717, 1.165) is 0 Å². The van der Waals surface area contributed by atoms with Crippen molar-refractivity contribution in [3.63, 3.8) is 0 Å². The number of para-hydroxylation sites is 1. The molecule has 0 aliphatic rings. The van der Waals surface area contributed by atoms with Crippen LogP contribution in [0.2, 0.25) is 0 Å². The molecule has 2 aromatic rings. The lowest BCUT2D eigenvalue weighted by atomic mass is 10.0. The van der Waals surface area contributed by atoms with Crippen molar-refractivity contribution in [3.05, 3.63) is 66.2 Å². The van der Waals surface area contributed by atoms with Gasteiger partial charge in [-0.2, -0.15) is 5.26 Å². The molecule has 0 fully saturated rings. The van der Waals surface area contributed by atoms with Crippen molar-refractivity contribution >= 4 is 5.97 Å². The number of hydrogen-bond donors (Lipinski definition) is 0. The van der Waals surface area contributed by atoms with Crippen LogP contribution in [0.25, 0.3) is 0 Å². The highest BCUT2D eigenvalue weighted by atomic mass is 16.5. The lowest BCUT2D eigenvalue weighted by molar-refractivity contribution is -0.134. The Bertz CT molecular complexity index is 558. The third-order valence-corrected chi connectivity index (χ3v) is 2.46. The van der Waals surface area contributed by atoms with Gasteiger partial charge in [-0.15, -0.1) is 0 Å². The summed E-state index contributed by atoms with van der Waals surface area (Å²) in [6.45, 7) is 0. The molecule has 1 unspecified atom stereocenters. The average Bonchev–Trinajstić information content (AvgIpc) is 2.42. The minimum atomic E-state index is -0.897. The summed E-state index contributed by atoms with van der Waals surface area (Å²) < 4.78 is 5.16. The molecule has 0 saturated heterocycles. The van der Waals surface area contributed by atoms with Gasteiger partial charge in [0.15, 0.2) is 5.92 Å². The number of nitriles is 1. The van der Waals surface area contributed by atoms with Gasteiger partial charge in [0, 0.05) is 0 Å². The average molecular weight is 237 g/mol. The monoisotopic (exact) mass is 237 g/mol. The molecule has 2 aromatic carbocycles. The highest BCUT2D eigenvalue weighted by molar-refractivity contribution is 5.83. The third kappa shape index (κ3) is 2.74. The molecule has 0 N–H and O–H groups in total. The minimum absolute atomic E-state index is 0.443. The fourth-order valence-corrected chi connectivity index (χ4v) is 1.57. The van der Waals surface area contributed by atoms with Crippen LogP contribution in [0.4, 0.5) is 0 Å². The van der Waals surface area contributed by atoms with E-state index in [1.807, 2.05) is 18.2 Å². The number of esters is 1. The van der Waals surface area contributed by atoms with Gasteiger partial charge in [0.2, 0.25) is 0 Å². The molecule has 0 spiro atoms. The standard InChI is InChI=1S/C15H11NO2/c16-11-14(12-7-3-1-4-8-12)15(17)18-13-9-5-2-6-10-13/h1-10,14H. The van der Waals surface area contributed by atoms with E-state index in [-0.39, 0.29) is 0 Å². The van der Waals surface area contributed by atoms with Crippen LogP contribution in [0.5, 0.6) is 5.75 Å². The van der Waals surface area contributed by atoms with Crippen LogP contribution in [-0.2, 0) is 4.79 Å². The maximum absolute atomic E-state index is 11.9. The summed E-state index contributed by atoms with van der Waals surface area (Å²) in [6.07, 6.45) is 0. The number of hydrogen-bond acceptors (Lipinski definition) is 3. The number of nitrogens with zero attached hydrogens (tertiary/aromatic N) is 1. The van der Waals surface area contributed by atoms with Crippen LogP contribution in [0.15, 0.2) is 60.7 Å². The third-order valence-electron chi connectivity index (χ3n) is 2.46. The van der Waals surface area contributed by atoms with E-state index in [1.165, 1.54) is 0 Å². The van der Waals surface area contributed by atoms with E-state index in [1.54, 1.807) is 48.5 Å². The zero-order chi connectivity index (χ0) is 12.8. The minimum Gasteiger partial charge on any atom is -0.425 e. The van der Waals surface area contributed by atoms with Crippen LogP contribution in [0, 0.1) is 11.3 Å². The summed E-state index contributed by atoms with van der Waals surface area (Å²) in [4.78, 5) is 11.9. The molecule has 0 heterocycles. The Hall–Kier alpha value is -2.60. The number of benzene rings is 2. The second kappa shape index (κ2) is 5.65. The van der Waals surface area contributed by atoms with Gasteiger partial charge < -0.3 is 4.74 Å². The Morgan fingerprint density at radius 2 is 1.56 bits per heavy atom. The smallest absolute Gasteiger partial charge is 0.333 e. The van der Waals surface area contributed by atoms with Gasteiger partial charge in [0.1, 0.15) is 5.75 Å². The van der Waals surface area contributed by atoms with Gasteiger partial charge in [0.25, 0.3) is 0 Å². The van der Waals surface area contributed by atoms with Crippen molar-refractivity contribution in [2.75, 3.05) is 0 Å². The quantitative estimate of drug-likeness (QED) is 0.609. The second-order valence-electron chi connectivity index (χ2n) is 3.71. The van der Waals surface area contributed by atoms with Gasteiger partial charge in [-0.3, -0.25) is 0 Å². The molecular weight excluding hydrogens is 226 g/mol. The molecule has 18 heavy (non-hydrogen) atoms. The van der Waals surface area contributed by atoms with Gasteiger partial charge >= 0.3 is 5.97 Å². The number of carbonyl (C=O) groups excluding carboxylic acids is 1. The number of ether oxygens (including phenoxy) is 1. The summed E-state index contributed by atoms with van der Waals surface area (Å²) in [5.41, 5.74) is 0.640. The molecule has 0 amide bonds. The lowest BCUT2D eigenvalue weighted by Crippen LogP contribution is -2.17. The molecule has 0 bridgehead atoms. The first-order chi connectivity index (χ1) is 8.81. The summed E-state index contributed by atoms with van der Waals surface area (Å²) in [5, 5.41) is 9.08. The van der Waals surface area contributed by atoms with Gasteiger partial charge in [-0.05, 0) is 17.7 Å². The highest BCUT2D eigenvalue weighted by Gasteiger charge is 2.21. The zero-order valence-corrected chi connectivity index (χ0v) is 9.61. The molecule has 88 valence electrons. The normalized spacial score (nSPS) is 11.3. The zero-order valence-electron chi connectivity index (χ0n) is 9.61. The molecule has 0 aromatic heterocycles. The van der Waals surface area contributed by atoms with E-state index in [9.17, 15) is 4.79 Å². The van der Waals surface area contributed by atoms with Crippen molar-refractivity contribution in [3.8, 4) is 11.8 Å². The van der Waals surface area contributed by atoms with Gasteiger partial charge in [-0.25, -0.2) is 4.79 Å². The molecule has 0 radical (unpaired) electrons. The van der Waals surface area contributed by atoms with Crippen LogP contribution in [0.3, 0.4) is 0 Å². The van der Waals surface area contributed by atoms with E-state index in [0.29, 0.717) is 11.3 Å². The Balaban J connectivity index is 2.15. The first kappa shape index (κ1) is 11.9. The van der Waals surface area contributed by atoms with Crippen LogP contribution >= 0.6 is 0 Å². The predicted octanol–water partition coefficient (Wildman–Crippen LogP) is 2.90. The highest BCUT2D eigenvalue weighted by Crippen LogP contribution is 2.18. The molecule has 2 rings (SSSR count). The molecular formula is C15H11NO2. The Labute approximate surface area is 105 Å². The van der Waals surface area contributed by atoms with E-state index >= 15 is 0 Å². The van der Waals surface area contributed by atoms with E-state index < -0.39 is 11.9 Å². The Kier molecular flexibility index (Phi) is 3.72. The van der Waals surface area contributed by atoms with Crippen LogP contribution < -0.4 is 4.74 Å². The molecule has 3 heteroatoms. The second-order valence-corrected chi connectivity index (χ2v) is 3.71. The molecule has 1 atom stereocenters. The number of rotatable bonds is 3. The van der Waals surface area contributed by atoms with Crippen molar-refractivity contribution in [2.24, 2.45) is 0 Å². The van der Waals surface area contributed by atoms with Crippen LogP contribution in [0.1, 0.15) is 11.5 Å². The SMILES string of the molecule is N#CC(C(=O)Oc1ccccc1)c1ccccc1. The van der Waals surface area contributed by atoms with Crippen molar-refractivity contribution in [1.82, 2.24) is 0 Å². The molecule has 0 saturated carbocycles. The maximum atomic E-state index is 11.9. The topological polar surface area (TPSA) is 50.1 Å². The first-order valence-electron chi connectivity index (χ1n) is 5.52. The van der Waals surface area contributed by atoms with Gasteiger partial charge in [0.05, 0.1) is 6.07 Å². The Morgan fingerprint density at radius 3 is 2.11 bits per heavy atom. The summed E-state index contributed by atoms with van der Waals surface area (Å²) >= 11 is 0. The summed E-state index contributed by atoms with van der Waals surface area (Å²) in [6, 6.07) is 19.6. The van der Waals surface area contributed by atoms with E-state index in [4.69, 9.17) is 10.00 Å². The largest absolute Gasteiger partial charge is 0.425 e. The predicted molar refractivity (Wildman–Crippen MR) is 66.9 cm³/mol. The maximum Gasteiger partial charge on any atom is 0.333 e. The van der Waals surface area contributed by atoms with E-state index in [2.05, 4.69) is 0 Å². The molecule has 0 aliphatic heterocycles. The fraction of sp³-hybridized carbons (Fsp3) is 0.0667. The van der Waals surface area contributed by atoms with Crippen molar-refractivity contribution in [1.29, 1.82) is 5.26 Å². The number of carbonyl (C=O) groups is 1. The van der Waals surface area contributed by atoms with Crippen molar-refractivity contribution < 1.29 is 9.53 Å². The molecule has 0 aliphatic carbocycles. The molecule has 3 nitrogen and oxygen atoms in total. The first-order valence-corrected chi connectivity index (χ1v) is 5.52. The fourth-order valence-electron chi connectivity index (χ4n) is 1.57. The van der Waals surface area contributed by atoms with Gasteiger partial charge in [-0.1, -0.05) is 48.5 Å².